The van der Waals surface area contributed by atoms with Crippen LogP contribution >= 0.6 is 35.3 Å². The van der Waals surface area contributed by atoms with E-state index < -0.39 is 0 Å². The highest BCUT2D eigenvalue weighted by molar-refractivity contribution is 8.02. The summed E-state index contributed by atoms with van der Waals surface area (Å²) in [5, 5.41) is 4.38. The molecule has 4 rings (SSSR count). The molecule has 0 bridgehead atoms. The first kappa shape index (κ1) is 18.4. The normalized spacial score (nSPS) is 15.0. The molecule has 0 spiro atoms. The van der Waals surface area contributed by atoms with Crippen LogP contribution in [-0.2, 0) is 4.79 Å². The van der Waals surface area contributed by atoms with E-state index in [2.05, 4.69) is 5.10 Å². The highest BCUT2D eigenvalue weighted by Gasteiger charge is 2.29. The van der Waals surface area contributed by atoms with Gasteiger partial charge >= 0.3 is 0 Å². The van der Waals surface area contributed by atoms with Gasteiger partial charge in [0, 0.05) is 13.1 Å². The summed E-state index contributed by atoms with van der Waals surface area (Å²) in [6.45, 7) is 1.69. The monoisotopic (exact) mass is 413 g/mol. The number of para-hydroxylation sites is 1. The van der Waals surface area contributed by atoms with Crippen LogP contribution in [0.5, 0.6) is 0 Å². The predicted octanol–water partition coefficient (Wildman–Crippen LogP) is 5.12. The molecule has 0 aliphatic carbocycles. The zero-order chi connectivity index (χ0) is 18.6. The molecule has 1 aromatic heterocycles. The van der Waals surface area contributed by atoms with E-state index in [9.17, 15) is 4.79 Å². The molecule has 0 radical (unpaired) electrons. The molecule has 2 aromatic carbocycles. The number of benzene rings is 2. The molecule has 3 aromatic rings. The molecule has 138 valence electrons. The van der Waals surface area contributed by atoms with E-state index >= 15 is 0 Å². The summed E-state index contributed by atoms with van der Waals surface area (Å²) in [6.07, 6.45) is 2.17. The number of rotatable bonds is 5. The number of carbonyl (C=O) groups excluding carboxylic acids is 1. The van der Waals surface area contributed by atoms with Gasteiger partial charge in [0.25, 0.3) is 0 Å². The molecule has 0 N–H and O–H groups in total. The van der Waals surface area contributed by atoms with Gasteiger partial charge in [-0.1, -0.05) is 71.6 Å². The van der Waals surface area contributed by atoms with Crippen molar-refractivity contribution in [2.45, 2.75) is 22.4 Å². The molecular weight excluding hydrogens is 394 g/mol. The SMILES string of the molecule is O=C([C@H](Sc1nn(-c2ccccc2)c(=S)s1)c1ccccc1)N1CCCC1. The van der Waals surface area contributed by atoms with Crippen molar-refractivity contribution in [3.8, 4) is 5.69 Å². The van der Waals surface area contributed by atoms with Gasteiger partial charge in [-0.25, -0.2) is 4.68 Å². The van der Waals surface area contributed by atoms with Gasteiger partial charge in [0.1, 0.15) is 5.25 Å². The molecule has 27 heavy (non-hydrogen) atoms. The number of hydrogen-bond acceptors (Lipinski definition) is 5. The highest BCUT2D eigenvalue weighted by Crippen LogP contribution is 2.39. The van der Waals surface area contributed by atoms with E-state index in [-0.39, 0.29) is 11.2 Å². The number of carbonyl (C=O) groups is 1. The average molecular weight is 414 g/mol. The minimum Gasteiger partial charge on any atom is -0.341 e. The molecule has 1 amide bonds. The Labute approximate surface area is 171 Å². The summed E-state index contributed by atoms with van der Waals surface area (Å²) < 4.78 is 3.26. The molecule has 0 unspecified atom stereocenters. The Bertz CT molecular complexity index is 963. The smallest absolute Gasteiger partial charge is 0.240 e. The third kappa shape index (κ3) is 4.15. The summed E-state index contributed by atoms with van der Waals surface area (Å²) in [4.78, 5) is 15.1. The van der Waals surface area contributed by atoms with Gasteiger partial charge in [-0.3, -0.25) is 4.79 Å². The maximum atomic E-state index is 13.2. The van der Waals surface area contributed by atoms with Crippen LogP contribution in [-0.4, -0.2) is 33.7 Å². The Hall–Kier alpha value is -1.96. The lowest BCUT2D eigenvalue weighted by Gasteiger charge is -2.22. The van der Waals surface area contributed by atoms with Crippen molar-refractivity contribution >= 4 is 41.2 Å². The fourth-order valence-corrected chi connectivity index (χ4v) is 5.77. The quantitative estimate of drug-likeness (QED) is 0.430. The molecule has 7 heteroatoms. The fraction of sp³-hybridized carbons (Fsp3) is 0.250. The zero-order valence-electron chi connectivity index (χ0n) is 14.7. The van der Waals surface area contributed by atoms with Gasteiger partial charge in [-0.05, 0) is 42.8 Å². The van der Waals surface area contributed by atoms with Crippen molar-refractivity contribution in [3.63, 3.8) is 0 Å². The van der Waals surface area contributed by atoms with E-state index in [4.69, 9.17) is 12.2 Å². The Morgan fingerprint density at radius 2 is 1.67 bits per heavy atom. The molecule has 1 aliphatic rings. The topological polar surface area (TPSA) is 38.1 Å². The van der Waals surface area contributed by atoms with Crippen molar-refractivity contribution < 1.29 is 4.79 Å². The second-order valence-corrected chi connectivity index (χ2v) is 9.30. The third-order valence-corrected chi connectivity index (χ3v) is 7.05. The number of hydrogen-bond donors (Lipinski definition) is 0. The van der Waals surface area contributed by atoms with Gasteiger partial charge < -0.3 is 4.90 Å². The Balaban J connectivity index is 1.64. The standard InChI is InChI=1S/C20H19N3OS3/c24-18(22-13-7-8-14-22)17(15-9-3-1-4-10-15)26-19-21-23(20(25)27-19)16-11-5-2-6-12-16/h1-6,9-12,17H,7-8,13-14H2/t17-/m1/s1. The minimum atomic E-state index is -0.297. The van der Waals surface area contributed by atoms with Crippen LogP contribution in [0.3, 0.4) is 0 Å². The fourth-order valence-electron chi connectivity index (χ4n) is 3.13. The maximum absolute atomic E-state index is 13.2. The van der Waals surface area contributed by atoms with Crippen LogP contribution in [0, 0.1) is 3.95 Å². The Kier molecular flexibility index (Phi) is 5.71. The third-order valence-electron chi connectivity index (χ3n) is 4.49. The molecule has 1 saturated heterocycles. The van der Waals surface area contributed by atoms with E-state index in [0.29, 0.717) is 3.95 Å². The van der Waals surface area contributed by atoms with Crippen LogP contribution in [0.15, 0.2) is 65.0 Å². The Morgan fingerprint density at radius 3 is 2.33 bits per heavy atom. The first-order valence-electron chi connectivity index (χ1n) is 8.88. The van der Waals surface area contributed by atoms with Crippen LogP contribution in [0.25, 0.3) is 5.69 Å². The van der Waals surface area contributed by atoms with E-state index in [0.717, 1.165) is 41.5 Å². The van der Waals surface area contributed by atoms with Crippen LogP contribution in [0.4, 0.5) is 0 Å². The predicted molar refractivity (Wildman–Crippen MR) is 113 cm³/mol. The molecule has 0 saturated carbocycles. The molecule has 1 atom stereocenters. The van der Waals surface area contributed by atoms with Crippen LogP contribution in [0.1, 0.15) is 23.7 Å². The average Bonchev–Trinajstić information content (AvgIpc) is 3.37. The Morgan fingerprint density at radius 1 is 1.04 bits per heavy atom. The highest BCUT2D eigenvalue weighted by atomic mass is 32.2. The number of likely N-dealkylation sites (tertiary alicyclic amines) is 1. The van der Waals surface area contributed by atoms with Crippen molar-refractivity contribution in [1.82, 2.24) is 14.7 Å². The number of aromatic nitrogens is 2. The van der Waals surface area contributed by atoms with Crippen molar-refractivity contribution in [1.29, 1.82) is 0 Å². The lowest BCUT2D eigenvalue weighted by atomic mass is 10.1. The largest absolute Gasteiger partial charge is 0.341 e. The first-order valence-corrected chi connectivity index (χ1v) is 11.0. The number of thioether (sulfide) groups is 1. The van der Waals surface area contributed by atoms with Gasteiger partial charge in [-0.2, -0.15) is 0 Å². The second kappa shape index (κ2) is 8.37. The second-order valence-electron chi connectivity index (χ2n) is 6.32. The van der Waals surface area contributed by atoms with Gasteiger partial charge in [0.05, 0.1) is 5.69 Å². The maximum Gasteiger partial charge on any atom is 0.240 e. The van der Waals surface area contributed by atoms with Crippen LogP contribution in [0.2, 0.25) is 0 Å². The number of nitrogens with zero attached hydrogens (tertiary/aromatic N) is 3. The van der Waals surface area contributed by atoms with E-state index in [1.807, 2.05) is 65.6 Å². The van der Waals surface area contributed by atoms with Gasteiger partial charge in [0.15, 0.2) is 8.29 Å². The number of amides is 1. The first-order chi connectivity index (χ1) is 13.2. The summed E-state index contributed by atoms with van der Waals surface area (Å²) in [5.41, 5.74) is 1.94. The summed E-state index contributed by atoms with van der Waals surface area (Å²) in [5.74, 6) is 0.163. The molecular formula is C20H19N3OS3. The van der Waals surface area contributed by atoms with Crippen molar-refractivity contribution in [3.05, 3.63) is 70.2 Å². The molecule has 1 fully saturated rings. The molecule has 1 aliphatic heterocycles. The lowest BCUT2D eigenvalue weighted by Crippen LogP contribution is -2.31. The van der Waals surface area contributed by atoms with Gasteiger partial charge in [0.2, 0.25) is 5.91 Å². The lowest BCUT2D eigenvalue weighted by molar-refractivity contribution is -0.129. The van der Waals surface area contributed by atoms with Crippen molar-refractivity contribution in [2.75, 3.05) is 13.1 Å². The van der Waals surface area contributed by atoms with E-state index in [1.165, 1.54) is 23.1 Å². The zero-order valence-corrected chi connectivity index (χ0v) is 17.1. The minimum absolute atomic E-state index is 0.163. The summed E-state index contributed by atoms with van der Waals surface area (Å²) in [6, 6.07) is 19.8. The molecule has 4 nitrogen and oxygen atoms in total. The van der Waals surface area contributed by atoms with Crippen molar-refractivity contribution in [2.24, 2.45) is 0 Å². The van der Waals surface area contributed by atoms with Crippen LogP contribution < -0.4 is 0 Å². The van der Waals surface area contributed by atoms with E-state index in [1.54, 1.807) is 4.68 Å². The summed E-state index contributed by atoms with van der Waals surface area (Å²) in [7, 11) is 0. The molecule has 2 heterocycles. The summed E-state index contributed by atoms with van der Waals surface area (Å²) >= 11 is 8.45. The van der Waals surface area contributed by atoms with Gasteiger partial charge in [-0.15, -0.1) is 5.10 Å².